The number of hydrogen-bond donors (Lipinski definition) is 1. The fraction of sp³-hybridized carbons (Fsp3) is 0.500. The standard InChI is InChI=1S/C18H23N3O3S/c1-12(2)16(22)19-9-14-11-25-17(20-14)13-5-3-7-21(10-13)18(23)15-6-4-8-24-15/h4,6,8,11-13H,3,5,7,9-10H2,1-2H3,(H,19,22)/t13-/m1/s1. The largest absolute Gasteiger partial charge is 0.459 e. The van der Waals surface area contributed by atoms with E-state index in [1.807, 2.05) is 24.1 Å². The molecule has 25 heavy (non-hydrogen) atoms. The van der Waals surface area contributed by atoms with Crippen molar-refractivity contribution in [3.8, 4) is 0 Å². The quantitative estimate of drug-likeness (QED) is 0.888. The van der Waals surface area contributed by atoms with Crippen LogP contribution < -0.4 is 5.32 Å². The van der Waals surface area contributed by atoms with Gasteiger partial charge in [0.1, 0.15) is 0 Å². The molecule has 0 spiro atoms. The zero-order chi connectivity index (χ0) is 17.8. The number of likely N-dealkylation sites (tertiary alicyclic amines) is 1. The average Bonchev–Trinajstić information content (AvgIpc) is 3.30. The smallest absolute Gasteiger partial charge is 0.289 e. The van der Waals surface area contributed by atoms with Crippen LogP contribution in [0, 0.1) is 5.92 Å². The Bertz CT molecular complexity index is 724. The minimum Gasteiger partial charge on any atom is -0.459 e. The Hall–Kier alpha value is -2.15. The van der Waals surface area contributed by atoms with Crippen LogP contribution in [0.3, 0.4) is 0 Å². The Kier molecular flexibility index (Phi) is 5.53. The molecule has 1 fully saturated rings. The summed E-state index contributed by atoms with van der Waals surface area (Å²) in [5.74, 6) is 0.569. The van der Waals surface area contributed by atoms with Crippen LogP contribution in [-0.4, -0.2) is 34.8 Å². The highest BCUT2D eigenvalue weighted by atomic mass is 32.1. The van der Waals surface area contributed by atoms with Gasteiger partial charge in [0.05, 0.1) is 23.5 Å². The minimum absolute atomic E-state index is 0.0300. The summed E-state index contributed by atoms with van der Waals surface area (Å²) in [4.78, 5) is 30.6. The number of nitrogens with one attached hydrogen (secondary N) is 1. The van der Waals surface area contributed by atoms with Gasteiger partial charge < -0.3 is 14.6 Å². The van der Waals surface area contributed by atoms with E-state index >= 15 is 0 Å². The second kappa shape index (κ2) is 7.82. The van der Waals surface area contributed by atoms with Crippen molar-refractivity contribution in [1.29, 1.82) is 0 Å². The Morgan fingerprint density at radius 3 is 3.04 bits per heavy atom. The van der Waals surface area contributed by atoms with Crippen LogP contribution in [0.5, 0.6) is 0 Å². The van der Waals surface area contributed by atoms with Crippen molar-refractivity contribution in [2.24, 2.45) is 5.92 Å². The molecule has 2 aromatic heterocycles. The number of aromatic nitrogens is 1. The fourth-order valence-corrected chi connectivity index (χ4v) is 3.84. The molecule has 0 unspecified atom stereocenters. The third kappa shape index (κ3) is 4.28. The maximum Gasteiger partial charge on any atom is 0.289 e. The van der Waals surface area contributed by atoms with Crippen molar-refractivity contribution in [1.82, 2.24) is 15.2 Å². The van der Waals surface area contributed by atoms with Gasteiger partial charge in [-0.2, -0.15) is 0 Å². The summed E-state index contributed by atoms with van der Waals surface area (Å²) in [6.07, 6.45) is 3.50. The molecular formula is C18H23N3O3S. The van der Waals surface area contributed by atoms with Gasteiger partial charge in [0.2, 0.25) is 5.91 Å². The summed E-state index contributed by atoms with van der Waals surface area (Å²) >= 11 is 1.60. The van der Waals surface area contributed by atoms with Crippen LogP contribution in [0.2, 0.25) is 0 Å². The maximum atomic E-state index is 12.5. The molecule has 1 atom stereocenters. The fourth-order valence-electron chi connectivity index (χ4n) is 2.89. The van der Waals surface area contributed by atoms with E-state index in [-0.39, 0.29) is 23.7 Å². The lowest BCUT2D eigenvalue weighted by atomic mass is 9.98. The van der Waals surface area contributed by atoms with Crippen LogP contribution >= 0.6 is 11.3 Å². The Labute approximate surface area is 151 Å². The zero-order valence-electron chi connectivity index (χ0n) is 14.5. The molecule has 1 saturated heterocycles. The van der Waals surface area contributed by atoms with E-state index < -0.39 is 0 Å². The first-order valence-electron chi connectivity index (χ1n) is 8.59. The lowest BCUT2D eigenvalue weighted by molar-refractivity contribution is -0.124. The molecule has 1 aliphatic rings. The predicted molar refractivity (Wildman–Crippen MR) is 95.4 cm³/mol. The van der Waals surface area contributed by atoms with Crippen LogP contribution in [0.4, 0.5) is 0 Å². The zero-order valence-corrected chi connectivity index (χ0v) is 15.3. The molecule has 1 N–H and O–H groups in total. The number of carbonyl (C=O) groups excluding carboxylic acids is 2. The summed E-state index contributed by atoms with van der Waals surface area (Å²) in [6.45, 7) is 5.60. The molecular weight excluding hydrogens is 338 g/mol. The lowest BCUT2D eigenvalue weighted by Crippen LogP contribution is -2.39. The van der Waals surface area contributed by atoms with Crippen LogP contribution in [-0.2, 0) is 11.3 Å². The van der Waals surface area contributed by atoms with Gasteiger partial charge in [0.15, 0.2) is 5.76 Å². The number of piperidine rings is 1. The van der Waals surface area contributed by atoms with Crippen molar-refractivity contribution < 1.29 is 14.0 Å². The highest BCUT2D eigenvalue weighted by Gasteiger charge is 2.28. The minimum atomic E-state index is -0.0596. The van der Waals surface area contributed by atoms with Crippen LogP contribution in [0.25, 0.3) is 0 Å². The Balaban J connectivity index is 1.60. The average molecular weight is 361 g/mol. The molecule has 2 amide bonds. The summed E-state index contributed by atoms with van der Waals surface area (Å²) in [6, 6.07) is 3.43. The van der Waals surface area contributed by atoms with E-state index in [2.05, 4.69) is 10.3 Å². The summed E-state index contributed by atoms with van der Waals surface area (Å²) < 4.78 is 5.22. The summed E-state index contributed by atoms with van der Waals surface area (Å²) in [5, 5.41) is 5.91. The third-order valence-electron chi connectivity index (χ3n) is 4.33. The van der Waals surface area contributed by atoms with Crippen molar-refractivity contribution in [2.45, 2.75) is 39.2 Å². The van der Waals surface area contributed by atoms with E-state index in [0.29, 0.717) is 18.8 Å². The van der Waals surface area contributed by atoms with Gasteiger partial charge in [-0.15, -0.1) is 11.3 Å². The van der Waals surface area contributed by atoms with Gasteiger partial charge in [-0.1, -0.05) is 13.8 Å². The number of thiazole rings is 1. The van der Waals surface area contributed by atoms with E-state index in [9.17, 15) is 9.59 Å². The monoisotopic (exact) mass is 361 g/mol. The molecule has 0 radical (unpaired) electrons. The summed E-state index contributed by atoms with van der Waals surface area (Å²) in [5.41, 5.74) is 0.878. The first-order chi connectivity index (χ1) is 12.0. The van der Waals surface area contributed by atoms with Gasteiger partial charge in [-0.05, 0) is 25.0 Å². The molecule has 6 nitrogen and oxygen atoms in total. The highest BCUT2D eigenvalue weighted by molar-refractivity contribution is 7.09. The molecule has 7 heteroatoms. The topological polar surface area (TPSA) is 75.4 Å². The van der Waals surface area contributed by atoms with Gasteiger partial charge in [0.25, 0.3) is 5.91 Å². The number of amides is 2. The molecule has 134 valence electrons. The first kappa shape index (κ1) is 17.7. The molecule has 0 aliphatic carbocycles. The molecule has 3 rings (SSSR count). The number of carbonyl (C=O) groups is 2. The number of hydrogen-bond acceptors (Lipinski definition) is 5. The molecule has 2 aromatic rings. The normalized spacial score (nSPS) is 17.7. The van der Waals surface area contributed by atoms with E-state index in [1.165, 1.54) is 6.26 Å². The van der Waals surface area contributed by atoms with Crippen molar-refractivity contribution >= 4 is 23.2 Å². The van der Waals surface area contributed by atoms with Crippen molar-refractivity contribution in [2.75, 3.05) is 13.1 Å². The van der Waals surface area contributed by atoms with Crippen LogP contribution in [0.15, 0.2) is 28.2 Å². The number of furan rings is 1. The Morgan fingerprint density at radius 2 is 2.32 bits per heavy atom. The number of nitrogens with zero attached hydrogens (tertiary/aromatic N) is 2. The van der Waals surface area contributed by atoms with Gasteiger partial charge in [-0.25, -0.2) is 4.98 Å². The second-order valence-corrected chi connectivity index (χ2v) is 7.51. The molecule has 0 bridgehead atoms. The van der Waals surface area contributed by atoms with Crippen molar-refractivity contribution in [3.63, 3.8) is 0 Å². The van der Waals surface area contributed by atoms with Crippen molar-refractivity contribution in [3.05, 3.63) is 40.2 Å². The summed E-state index contributed by atoms with van der Waals surface area (Å²) in [7, 11) is 0. The predicted octanol–water partition coefficient (Wildman–Crippen LogP) is 3.03. The van der Waals surface area contributed by atoms with E-state index in [1.54, 1.807) is 23.5 Å². The highest BCUT2D eigenvalue weighted by Crippen LogP contribution is 2.30. The van der Waals surface area contributed by atoms with Gasteiger partial charge in [0, 0.05) is 30.3 Å². The van der Waals surface area contributed by atoms with Crippen LogP contribution in [0.1, 0.15) is 53.9 Å². The van der Waals surface area contributed by atoms with E-state index in [0.717, 1.165) is 30.1 Å². The van der Waals surface area contributed by atoms with Gasteiger partial charge >= 0.3 is 0 Å². The lowest BCUT2D eigenvalue weighted by Gasteiger charge is -2.31. The maximum absolute atomic E-state index is 12.5. The van der Waals surface area contributed by atoms with E-state index in [4.69, 9.17) is 4.42 Å². The molecule has 3 heterocycles. The molecule has 0 aromatic carbocycles. The Morgan fingerprint density at radius 1 is 1.48 bits per heavy atom. The molecule has 1 aliphatic heterocycles. The first-order valence-corrected chi connectivity index (χ1v) is 9.47. The van der Waals surface area contributed by atoms with Gasteiger partial charge in [-0.3, -0.25) is 9.59 Å². The SMILES string of the molecule is CC(C)C(=O)NCc1csc([C@@H]2CCCN(C(=O)c3ccco3)C2)n1. The second-order valence-electron chi connectivity index (χ2n) is 6.62. The molecule has 0 saturated carbocycles. The number of rotatable bonds is 5. The third-order valence-corrected chi connectivity index (χ3v) is 5.38.